The Kier molecular flexibility index (Phi) is 7.33. The first kappa shape index (κ1) is 25.4. The molecule has 38 heavy (non-hydrogen) atoms. The summed E-state index contributed by atoms with van der Waals surface area (Å²) in [6.07, 6.45) is 0. The van der Waals surface area contributed by atoms with E-state index in [4.69, 9.17) is 4.98 Å². The van der Waals surface area contributed by atoms with Crippen LogP contribution in [0, 0.1) is 0 Å². The predicted octanol–water partition coefficient (Wildman–Crippen LogP) is 8.87. The number of fused-ring (bicyclic) bond motifs is 1. The van der Waals surface area contributed by atoms with Gasteiger partial charge in [0.1, 0.15) is 11.4 Å². The summed E-state index contributed by atoms with van der Waals surface area (Å²) in [7, 11) is -6.00. The molecule has 0 amide bonds. The van der Waals surface area contributed by atoms with Gasteiger partial charge >= 0.3 is 12.4 Å². The monoisotopic (exact) mass is 528 g/mol. The number of para-hydroxylation sites is 1. The number of aromatic nitrogens is 2. The molecule has 0 spiro atoms. The highest BCUT2D eigenvalue weighted by Crippen LogP contribution is 2.32. The van der Waals surface area contributed by atoms with Crippen LogP contribution in [0.15, 0.2) is 127 Å². The lowest BCUT2D eigenvalue weighted by Gasteiger charge is -2.14. The van der Waals surface area contributed by atoms with Crippen molar-refractivity contribution in [2.45, 2.75) is 0 Å². The zero-order chi connectivity index (χ0) is 26.5. The van der Waals surface area contributed by atoms with E-state index in [0.717, 1.165) is 33.2 Å². The number of hydrogen-bond donors (Lipinski definition) is 0. The van der Waals surface area contributed by atoms with Gasteiger partial charge in [-0.3, -0.25) is 0 Å². The third kappa shape index (κ3) is 5.98. The van der Waals surface area contributed by atoms with Crippen LogP contribution < -0.4 is 4.57 Å². The van der Waals surface area contributed by atoms with E-state index in [1.165, 1.54) is 15.8 Å². The second-order valence-corrected chi connectivity index (χ2v) is 9.42. The van der Waals surface area contributed by atoms with Crippen molar-refractivity contribution in [2.24, 2.45) is 0 Å². The molecule has 0 unspecified atom stereocenters. The lowest BCUT2D eigenvalue weighted by molar-refractivity contribution is -0.571. The van der Waals surface area contributed by atoms with E-state index in [9.17, 15) is 17.3 Å². The van der Waals surface area contributed by atoms with Crippen molar-refractivity contribution in [3.05, 3.63) is 127 Å². The zero-order valence-corrected chi connectivity index (χ0v) is 20.8. The van der Waals surface area contributed by atoms with Crippen molar-refractivity contribution in [3.63, 3.8) is 0 Å². The van der Waals surface area contributed by atoms with Crippen LogP contribution in [0.1, 0.15) is 0 Å². The number of rotatable bonds is 4. The van der Waals surface area contributed by atoms with Crippen LogP contribution in [-0.2, 0) is 0 Å². The predicted molar refractivity (Wildman–Crippen MR) is 148 cm³/mol. The lowest BCUT2D eigenvalue weighted by atomic mass is 9.99. The van der Waals surface area contributed by atoms with Crippen LogP contribution in [-0.4, -0.2) is 12.2 Å². The van der Waals surface area contributed by atoms with E-state index in [-0.39, 0.29) is 0 Å². The molecular formula is C30H21BF4N2S. The first-order chi connectivity index (χ1) is 18.4. The molecule has 6 aromatic rings. The van der Waals surface area contributed by atoms with Gasteiger partial charge in [-0.1, -0.05) is 103 Å². The maximum Gasteiger partial charge on any atom is 0.673 e. The smallest absolute Gasteiger partial charge is 0.418 e. The van der Waals surface area contributed by atoms with E-state index < -0.39 is 7.25 Å². The summed E-state index contributed by atoms with van der Waals surface area (Å²) in [5.74, 6) is 0. The molecule has 2 nitrogen and oxygen atoms in total. The maximum atomic E-state index is 9.75. The summed E-state index contributed by atoms with van der Waals surface area (Å²) < 4.78 is 42.5. The van der Waals surface area contributed by atoms with Gasteiger partial charge < -0.3 is 17.3 Å². The first-order valence-corrected chi connectivity index (χ1v) is 12.7. The minimum Gasteiger partial charge on any atom is -0.418 e. The van der Waals surface area contributed by atoms with Gasteiger partial charge in [-0.05, 0) is 51.7 Å². The normalized spacial score (nSPS) is 11.2. The summed E-state index contributed by atoms with van der Waals surface area (Å²) in [6.45, 7) is 0. The minimum atomic E-state index is -6.00. The molecule has 0 N–H and O–H groups in total. The largest absolute Gasteiger partial charge is 0.673 e. The Bertz CT molecular complexity index is 1560. The molecule has 0 aliphatic rings. The van der Waals surface area contributed by atoms with E-state index in [2.05, 4.69) is 126 Å². The van der Waals surface area contributed by atoms with Crippen LogP contribution >= 0.6 is 11.3 Å². The average molecular weight is 528 g/mol. The average Bonchev–Trinajstić information content (AvgIpc) is 3.37. The third-order valence-corrected chi connectivity index (χ3v) is 6.81. The molecule has 188 valence electrons. The highest BCUT2D eigenvalue weighted by Gasteiger charge is 2.25. The van der Waals surface area contributed by atoms with E-state index in [1.807, 2.05) is 6.07 Å². The Morgan fingerprint density at radius 3 is 1.42 bits per heavy atom. The molecule has 0 radical (unpaired) electrons. The van der Waals surface area contributed by atoms with Crippen molar-refractivity contribution in [3.8, 4) is 38.8 Å². The quantitative estimate of drug-likeness (QED) is 0.127. The summed E-state index contributed by atoms with van der Waals surface area (Å²) in [4.78, 5) is 5.04. The Hall–Kier alpha value is -4.30. The second-order valence-electron chi connectivity index (χ2n) is 8.41. The fraction of sp³-hybridized carbons (Fsp3) is 0. The van der Waals surface area contributed by atoms with Gasteiger partial charge in [0.05, 0.1) is 4.70 Å². The van der Waals surface area contributed by atoms with Crippen molar-refractivity contribution < 1.29 is 21.8 Å². The minimum absolute atomic E-state index is 0.966. The fourth-order valence-corrected chi connectivity index (χ4v) is 5.19. The van der Waals surface area contributed by atoms with Crippen molar-refractivity contribution in [1.82, 2.24) is 4.98 Å². The van der Waals surface area contributed by atoms with Crippen molar-refractivity contribution in [2.75, 3.05) is 0 Å². The summed E-state index contributed by atoms with van der Waals surface area (Å²) in [5.41, 5.74) is 7.97. The topological polar surface area (TPSA) is 16.8 Å². The van der Waals surface area contributed by atoms with E-state index in [0.29, 0.717) is 0 Å². The van der Waals surface area contributed by atoms with Gasteiger partial charge in [0.2, 0.25) is 0 Å². The molecular weight excluding hydrogens is 507 g/mol. The number of nitrogens with zero attached hydrogens (tertiary/aromatic N) is 2. The molecule has 0 aliphatic heterocycles. The Morgan fingerprint density at radius 1 is 0.526 bits per heavy atom. The Morgan fingerprint density at radius 2 is 0.947 bits per heavy atom. The summed E-state index contributed by atoms with van der Waals surface area (Å²) in [6, 6.07) is 44.6. The SMILES string of the molecule is F[B-](F)(F)F.c1ccc(-c2cc(-c3ccccc3)[n+](-c3nc4ccccc4s3)c(-c3ccccc3)c2)cc1. The lowest BCUT2D eigenvalue weighted by Crippen LogP contribution is -2.36. The van der Waals surface area contributed by atoms with E-state index in [1.54, 1.807) is 11.3 Å². The van der Waals surface area contributed by atoms with Crippen molar-refractivity contribution >= 4 is 28.8 Å². The molecule has 6 rings (SSSR count). The van der Waals surface area contributed by atoms with Crippen LogP contribution in [0.3, 0.4) is 0 Å². The second kappa shape index (κ2) is 11.0. The molecule has 2 aromatic heterocycles. The highest BCUT2D eigenvalue weighted by molar-refractivity contribution is 7.20. The molecule has 0 aliphatic carbocycles. The molecule has 4 aromatic carbocycles. The maximum absolute atomic E-state index is 9.75. The Labute approximate surface area is 221 Å². The number of benzene rings is 4. The highest BCUT2D eigenvalue weighted by atomic mass is 32.1. The van der Waals surface area contributed by atoms with Crippen molar-refractivity contribution in [1.29, 1.82) is 0 Å². The standard InChI is InChI=1S/C30H21N2S.BF4/c1-4-12-22(13-5-1)25-20-27(23-14-6-2-7-15-23)32(28(21-25)24-16-8-3-9-17-24)30-31-26-18-10-11-19-29(26)33-30;2-1(3,4)5/h1-21H;/q+1;-1. The molecule has 0 saturated carbocycles. The van der Waals surface area contributed by atoms with Crippen LogP contribution in [0.2, 0.25) is 0 Å². The van der Waals surface area contributed by atoms with Gasteiger partial charge in [-0.2, -0.15) is 4.57 Å². The number of thiazole rings is 1. The molecule has 0 bridgehead atoms. The van der Waals surface area contributed by atoms with Crippen LogP contribution in [0.4, 0.5) is 17.3 Å². The first-order valence-electron chi connectivity index (χ1n) is 11.9. The van der Waals surface area contributed by atoms with Gasteiger partial charge in [-0.25, -0.2) is 0 Å². The number of hydrogen-bond acceptors (Lipinski definition) is 2. The molecule has 0 atom stereocenters. The van der Waals surface area contributed by atoms with Gasteiger partial charge in [0.25, 0.3) is 0 Å². The number of pyridine rings is 1. The van der Waals surface area contributed by atoms with E-state index >= 15 is 0 Å². The molecule has 0 fully saturated rings. The van der Waals surface area contributed by atoms with Gasteiger partial charge in [0, 0.05) is 11.1 Å². The van der Waals surface area contributed by atoms with Gasteiger partial charge in [0.15, 0.2) is 5.52 Å². The zero-order valence-electron chi connectivity index (χ0n) is 20.0. The molecule has 8 heteroatoms. The molecule has 0 saturated heterocycles. The summed E-state index contributed by atoms with van der Waals surface area (Å²) >= 11 is 1.72. The molecule has 2 heterocycles. The Balaban J connectivity index is 0.000000540. The van der Waals surface area contributed by atoms with Crippen LogP contribution in [0.25, 0.3) is 49.0 Å². The third-order valence-electron chi connectivity index (χ3n) is 5.79. The fourth-order valence-electron chi connectivity index (χ4n) is 4.20. The number of halogens is 4. The van der Waals surface area contributed by atoms with Crippen LogP contribution in [0.5, 0.6) is 0 Å². The van der Waals surface area contributed by atoms with Gasteiger partial charge in [-0.15, -0.1) is 0 Å². The summed E-state index contributed by atoms with van der Waals surface area (Å²) in [5, 5.41) is 0.966.